The highest BCUT2D eigenvalue weighted by atomic mass is 35.5. The standard InChI is InChI=1S/C37H47ClN6O5/c1-8-47-33(46)31(23(2)3)29-19-26(42-49-29)13-14-43-15-17-44(18-16-43)30-12-10-25(22-40-30)32(45)41-34-36(4,5)35(37(34,6)7)48-27-11-9-24(21-39)28(38)20-27/h9-12,19-20,22-23,31,34-35H,8,13-18H2,1-7H3,(H,41,45). The predicted molar refractivity (Wildman–Crippen MR) is 187 cm³/mol. The Labute approximate surface area is 293 Å². The van der Waals surface area contributed by atoms with Gasteiger partial charge in [0.1, 0.15) is 29.7 Å². The van der Waals surface area contributed by atoms with E-state index in [1.54, 1.807) is 31.3 Å². The monoisotopic (exact) mass is 690 g/mol. The molecular weight excluding hydrogens is 644 g/mol. The predicted octanol–water partition coefficient (Wildman–Crippen LogP) is 5.87. The molecule has 12 heteroatoms. The molecule has 1 amide bonds. The molecule has 1 saturated carbocycles. The van der Waals surface area contributed by atoms with Crippen LogP contribution in [0.2, 0.25) is 5.02 Å². The summed E-state index contributed by atoms with van der Waals surface area (Å²) in [5.41, 5.74) is 1.02. The fourth-order valence-electron chi connectivity index (χ4n) is 7.53. The second-order valence-corrected chi connectivity index (χ2v) is 14.9. The first-order valence-corrected chi connectivity index (χ1v) is 17.4. The van der Waals surface area contributed by atoms with Crippen molar-refractivity contribution in [2.24, 2.45) is 16.7 Å². The van der Waals surface area contributed by atoms with Crippen LogP contribution in [0.4, 0.5) is 5.82 Å². The Balaban J connectivity index is 1.10. The SMILES string of the molecule is CCOC(=O)C(c1cc(CCN2CCN(c3ccc(C(=O)NC4C(C)(C)C(Oc5ccc(C#N)c(Cl)c5)C4(C)C)cn3)CC2)no1)C(C)C. The van der Waals surface area contributed by atoms with E-state index in [1.165, 1.54) is 0 Å². The summed E-state index contributed by atoms with van der Waals surface area (Å²) in [4.78, 5) is 35.0. The highest BCUT2D eigenvalue weighted by Gasteiger charge is 2.64. The molecule has 0 spiro atoms. The van der Waals surface area contributed by atoms with Crippen LogP contribution in [-0.4, -0.2) is 78.4 Å². The molecule has 1 unspecified atom stereocenters. The number of ether oxygens (including phenoxy) is 2. The van der Waals surface area contributed by atoms with Gasteiger partial charge < -0.3 is 24.2 Å². The number of nitriles is 1. The van der Waals surface area contributed by atoms with Gasteiger partial charge in [-0.3, -0.25) is 14.5 Å². The number of nitrogens with one attached hydrogen (secondary N) is 1. The molecule has 0 bridgehead atoms. The number of hydrogen-bond donors (Lipinski definition) is 1. The summed E-state index contributed by atoms with van der Waals surface area (Å²) in [6, 6.07) is 12.6. The van der Waals surface area contributed by atoms with Gasteiger partial charge in [0.05, 0.1) is 28.5 Å². The number of carbonyl (C=O) groups excluding carboxylic acids is 2. The molecule has 11 nitrogen and oxygen atoms in total. The summed E-state index contributed by atoms with van der Waals surface area (Å²) < 4.78 is 17.1. The van der Waals surface area contributed by atoms with Gasteiger partial charge in [0, 0.05) is 74.3 Å². The van der Waals surface area contributed by atoms with E-state index in [0.29, 0.717) is 34.3 Å². The van der Waals surface area contributed by atoms with Crippen molar-refractivity contribution in [3.63, 3.8) is 0 Å². The summed E-state index contributed by atoms with van der Waals surface area (Å²) in [5, 5.41) is 17.0. The zero-order valence-electron chi connectivity index (χ0n) is 29.5. The number of anilines is 1. The number of rotatable bonds is 12. The number of halogens is 1. The number of nitrogens with zero attached hydrogens (tertiary/aromatic N) is 5. The van der Waals surface area contributed by atoms with Gasteiger partial charge in [-0.15, -0.1) is 0 Å². The molecule has 1 atom stereocenters. The Bertz CT molecular complexity index is 1660. The van der Waals surface area contributed by atoms with Gasteiger partial charge in [0.15, 0.2) is 5.76 Å². The first kappa shape index (κ1) is 36.1. The molecule has 1 N–H and O–H groups in total. The molecule has 1 saturated heterocycles. The van der Waals surface area contributed by atoms with Gasteiger partial charge in [0.25, 0.3) is 5.91 Å². The van der Waals surface area contributed by atoms with E-state index >= 15 is 0 Å². The fourth-order valence-corrected chi connectivity index (χ4v) is 7.75. The molecule has 1 aromatic carbocycles. The number of piperazine rings is 1. The van der Waals surface area contributed by atoms with Crippen LogP contribution in [0, 0.1) is 28.1 Å². The van der Waals surface area contributed by atoms with Crippen LogP contribution in [0.1, 0.15) is 81.8 Å². The number of benzene rings is 1. The van der Waals surface area contributed by atoms with Crippen LogP contribution in [0.3, 0.4) is 0 Å². The van der Waals surface area contributed by atoms with E-state index in [2.05, 4.69) is 59.0 Å². The zero-order valence-corrected chi connectivity index (χ0v) is 30.2. The zero-order chi connectivity index (χ0) is 35.5. The number of aromatic nitrogens is 2. The van der Waals surface area contributed by atoms with Crippen molar-refractivity contribution in [1.29, 1.82) is 5.26 Å². The lowest BCUT2D eigenvalue weighted by molar-refractivity contribution is -0.164. The second-order valence-electron chi connectivity index (χ2n) is 14.5. The van der Waals surface area contributed by atoms with Crippen molar-refractivity contribution in [3.8, 4) is 11.8 Å². The Morgan fingerprint density at radius 1 is 1.10 bits per heavy atom. The molecule has 49 heavy (non-hydrogen) atoms. The van der Waals surface area contributed by atoms with E-state index in [0.717, 1.165) is 50.7 Å². The number of esters is 1. The summed E-state index contributed by atoms with van der Waals surface area (Å²) >= 11 is 6.23. The van der Waals surface area contributed by atoms with Crippen LogP contribution >= 0.6 is 11.6 Å². The number of amides is 1. The number of pyridine rings is 1. The Morgan fingerprint density at radius 3 is 2.41 bits per heavy atom. The average molecular weight is 691 g/mol. The normalized spacial score (nSPS) is 20.6. The maximum atomic E-state index is 13.4. The van der Waals surface area contributed by atoms with Crippen molar-refractivity contribution < 1.29 is 23.6 Å². The van der Waals surface area contributed by atoms with Gasteiger partial charge in [-0.05, 0) is 37.1 Å². The molecule has 262 valence electrons. The quantitative estimate of drug-likeness (QED) is 0.230. The molecule has 2 aromatic heterocycles. The van der Waals surface area contributed by atoms with Gasteiger partial charge in [-0.2, -0.15) is 5.26 Å². The largest absolute Gasteiger partial charge is 0.489 e. The summed E-state index contributed by atoms with van der Waals surface area (Å²) in [6.07, 6.45) is 2.19. The Hall–Kier alpha value is -4.14. The first-order valence-electron chi connectivity index (χ1n) is 17.0. The lowest BCUT2D eigenvalue weighted by Crippen LogP contribution is -2.74. The van der Waals surface area contributed by atoms with Crippen molar-refractivity contribution in [3.05, 3.63) is 70.2 Å². The van der Waals surface area contributed by atoms with Gasteiger partial charge in [-0.1, -0.05) is 58.3 Å². The minimum atomic E-state index is -0.458. The summed E-state index contributed by atoms with van der Waals surface area (Å²) in [5.74, 6) is 1.12. The van der Waals surface area contributed by atoms with Crippen molar-refractivity contribution >= 4 is 29.3 Å². The first-order chi connectivity index (χ1) is 23.3. The van der Waals surface area contributed by atoms with E-state index in [9.17, 15) is 14.9 Å². The molecule has 3 aromatic rings. The molecular formula is C37H47ClN6O5. The Morgan fingerprint density at radius 2 is 1.82 bits per heavy atom. The summed E-state index contributed by atoms with van der Waals surface area (Å²) in [6.45, 7) is 18.6. The third-order valence-corrected chi connectivity index (χ3v) is 10.2. The molecule has 0 radical (unpaired) electrons. The van der Waals surface area contributed by atoms with E-state index in [4.69, 9.17) is 25.6 Å². The van der Waals surface area contributed by atoms with Gasteiger partial charge in [-0.25, -0.2) is 4.98 Å². The molecule has 1 aliphatic heterocycles. The lowest BCUT2D eigenvalue weighted by atomic mass is 9.49. The van der Waals surface area contributed by atoms with Gasteiger partial charge in [0.2, 0.25) is 0 Å². The number of carbonyl (C=O) groups is 2. The van der Waals surface area contributed by atoms with E-state index in [-0.39, 0.29) is 40.8 Å². The highest BCUT2D eigenvalue weighted by Crippen LogP contribution is 2.55. The highest BCUT2D eigenvalue weighted by molar-refractivity contribution is 6.31. The van der Waals surface area contributed by atoms with Crippen LogP contribution in [0.15, 0.2) is 47.1 Å². The maximum Gasteiger partial charge on any atom is 0.317 e. The topological polar surface area (TPSA) is 134 Å². The third kappa shape index (κ3) is 7.71. The lowest BCUT2D eigenvalue weighted by Gasteiger charge is -2.63. The van der Waals surface area contributed by atoms with Crippen molar-refractivity contribution in [1.82, 2.24) is 20.4 Å². The smallest absolute Gasteiger partial charge is 0.317 e. The van der Waals surface area contributed by atoms with Crippen molar-refractivity contribution in [2.75, 3.05) is 44.2 Å². The van der Waals surface area contributed by atoms with Crippen molar-refractivity contribution in [2.45, 2.75) is 73.0 Å². The molecule has 3 heterocycles. The fraction of sp³-hybridized carbons (Fsp3) is 0.541. The second kappa shape index (κ2) is 14.8. The average Bonchev–Trinajstić information content (AvgIpc) is 3.53. The summed E-state index contributed by atoms with van der Waals surface area (Å²) in [7, 11) is 0. The van der Waals surface area contributed by atoms with Crippen LogP contribution in [-0.2, 0) is 16.0 Å². The number of hydrogen-bond acceptors (Lipinski definition) is 10. The molecule has 2 aliphatic rings. The third-order valence-electron chi connectivity index (χ3n) is 9.91. The maximum absolute atomic E-state index is 13.4. The molecule has 2 fully saturated rings. The van der Waals surface area contributed by atoms with Crippen LogP contribution < -0.4 is 15.0 Å². The van der Waals surface area contributed by atoms with Gasteiger partial charge >= 0.3 is 5.97 Å². The Kier molecular flexibility index (Phi) is 10.9. The van der Waals surface area contributed by atoms with Crippen LogP contribution in [0.25, 0.3) is 0 Å². The van der Waals surface area contributed by atoms with E-state index < -0.39 is 5.92 Å². The molecule has 1 aliphatic carbocycles. The minimum Gasteiger partial charge on any atom is -0.489 e. The van der Waals surface area contributed by atoms with E-state index in [1.807, 2.05) is 32.0 Å². The molecule has 5 rings (SSSR count). The minimum absolute atomic E-state index is 0.0441. The van der Waals surface area contributed by atoms with Crippen LogP contribution in [0.5, 0.6) is 5.75 Å².